The van der Waals surface area contributed by atoms with Crippen LogP contribution in [0, 0.1) is 10.1 Å². The molecule has 3 N–H and O–H groups in total. The van der Waals surface area contributed by atoms with Gasteiger partial charge in [-0.25, -0.2) is 13.1 Å². The molecule has 0 aliphatic heterocycles. The second-order valence-electron chi connectivity index (χ2n) is 7.46. The van der Waals surface area contributed by atoms with E-state index in [1.165, 1.54) is 18.2 Å². The predicted molar refractivity (Wildman–Crippen MR) is 126 cm³/mol. The van der Waals surface area contributed by atoms with E-state index in [9.17, 15) is 28.1 Å². The lowest BCUT2D eigenvalue weighted by molar-refractivity contribution is -0.387. The Morgan fingerprint density at radius 2 is 1.56 bits per heavy atom. The summed E-state index contributed by atoms with van der Waals surface area (Å²) in [6, 6.07) is 17.9. The van der Waals surface area contributed by atoms with Crippen LogP contribution in [-0.4, -0.2) is 31.7 Å². The Balaban J connectivity index is 1.38. The van der Waals surface area contributed by atoms with Crippen LogP contribution in [-0.2, 0) is 14.8 Å². The number of carbonyl (C=O) groups excluding carboxylic acids is 2. The maximum atomic E-state index is 12.4. The third kappa shape index (κ3) is 6.36. The number of carbonyl (C=O) groups is 2. The zero-order chi connectivity index (χ0) is 24.6. The largest absolute Gasteiger partial charge is 0.289 e. The average molecular weight is 485 g/mol. The quantitative estimate of drug-likeness (QED) is 0.229. The molecule has 0 spiro atoms. The van der Waals surface area contributed by atoms with Crippen LogP contribution in [0.3, 0.4) is 0 Å². The number of fused-ring (bicyclic) bond motifs is 1. The smallest absolute Gasteiger partial charge is 0.273 e. The first-order chi connectivity index (χ1) is 16.3. The minimum absolute atomic E-state index is 0.0772. The number of rotatable bonds is 10. The van der Waals surface area contributed by atoms with Gasteiger partial charge in [0.2, 0.25) is 15.9 Å². The van der Waals surface area contributed by atoms with Crippen LogP contribution in [0.5, 0.6) is 0 Å². The lowest BCUT2D eigenvalue weighted by Crippen LogP contribution is -2.41. The molecule has 10 nitrogen and oxygen atoms in total. The third-order valence-electron chi connectivity index (χ3n) is 5.07. The number of nitro groups is 1. The number of hydrogen-bond acceptors (Lipinski definition) is 6. The number of para-hydroxylation sites is 1. The SMILES string of the molecule is O=C(CCCCCNS(=O)(=O)c1ccccc1[N+](=O)[O-])NNC(=O)c1cccc2ccccc12. The molecule has 0 aliphatic rings. The van der Waals surface area contributed by atoms with Crippen LogP contribution in [0.2, 0.25) is 0 Å². The van der Waals surface area contributed by atoms with Crippen molar-refractivity contribution in [3.8, 4) is 0 Å². The number of unbranched alkanes of at least 4 members (excludes halogenated alkanes) is 2. The van der Waals surface area contributed by atoms with E-state index in [4.69, 9.17) is 0 Å². The van der Waals surface area contributed by atoms with Crippen LogP contribution in [0.4, 0.5) is 5.69 Å². The van der Waals surface area contributed by atoms with Crippen LogP contribution >= 0.6 is 0 Å². The monoisotopic (exact) mass is 484 g/mol. The van der Waals surface area contributed by atoms with E-state index in [0.29, 0.717) is 24.8 Å². The van der Waals surface area contributed by atoms with Gasteiger partial charge in [0.15, 0.2) is 4.90 Å². The molecule has 0 bridgehead atoms. The third-order valence-corrected chi connectivity index (χ3v) is 6.58. The molecule has 0 atom stereocenters. The normalized spacial score (nSPS) is 11.2. The molecule has 34 heavy (non-hydrogen) atoms. The fourth-order valence-corrected chi connectivity index (χ4v) is 4.63. The standard InChI is InChI=1S/C23H24N4O6S/c28-22(25-26-23(29)19-12-8-10-17-9-3-4-11-18(17)19)15-2-1-7-16-24-34(32,33)21-14-6-5-13-20(21)27(30)31/h3-6,8-14,24H,1-2,7,15-16H2,(H,25,28)(H,26,29). The number of nitro benzene ring substituents is 1. The van der Waals surface area contributed by atoms with Gasteiger partial charge < -0.3 is 0 Å². The molecule has 0 heterocycles. The lowest BCUT2D eigenvalue weighted by Gasteiger charge is -2.10. The Morgan fingerprint density at radius 3 is 2.35 bits per heavy atom. The van der Waals surface area contributed by atoms with E-state index in [2.05, 4.69) is 15.6 Å². The summed E-state index contributed by atoms with van der Waals surface area (Å²) in [4.78, 5) is 34.3. The number of benzene rings is 3. The molecule has 2 amide bonds. The maximum Gasteiger partial charge on any atom is 0.289 e. The molecule has 0 fully saturated rings. The highest BCUT2D eigenvalue weighted by molar-refractivity contribution is 7.89. The maximum absolute atomic E-state index is 12.4. The molecule has 0 aliphatic carbocycles. The van der Waals surface area contributed by atoms with Gasteiger partial charge in [-0.05, 0) is 35.7 Å². The van der Waals surface area contributed by atoms with E-state index >= 15 is 0 Å². The van der Waals surface area contributed by atoms with Gasteiger partial charge >= 0.3 is 0 Å². The molecule has 11 heteroatoms. The average Bonchev–Trinajstić information content (AvgIpc) is 2.84. The van der Waals surface area contributed by atoms with Crippen molar-refractivity contribution in [1.29, 1.82) is 0 Å². The number of nitrogens with zero attached hydrogens (tertiary/aromatic N) is 1. The highest BCUT2D eigenvalue weighted by Gasteiger charge is 2.24. The summed E-state index contributed by atoms with van der Waals surface area (Å²) in [6.07, 6.45) is 1.61. The highest BCUT2D eigenvalue weighted by atomic mass is 32.2. The molecular weight excluding hydrogens is 460 g/mol. The van der Waals surface area contributed by atoms with Crippen molar-refractivity contribution in [2.24, 2.45) is 0 Å². The fraction of sp³-hybridized carbons (Fsp3) is 0.217. The second-order valence-corrected chi connectivity index (χ2v) is 9.20. The number of hydrogen-bond donors (Lipinski definition) is 3. The van der Waals surface area contributed by atoms with Gasteiger partial charge in [0.05, 0.1) is 4.92 Å². The summed E-state index contributed by atoms with van der Waals surface area (Å²) in [5, 5.41) is 12.7. The minimum Gasteiger partial charge on any atom is -0.273 e. The molecule has 0 unspecified atom stereocenters. The number of sulfonamides is 1. The topological polar surface area (TPSA) is 148 Å². The molecule has 3 rings (SSSR count). The van der Waals surface area contributed by atoms with Crippen LogP contribution in [0.1, 0.15) is 36.0 Å². The number of hydrazine groups is 1. The Labute approximate surface area is 196 Å². The van der Waals surface area contributed by atoms with Crippen molar-refractivity contribution in [2.75, 3.05) is 6.54 Å². The van der Waals surface area contributed by atoms with E-state index in [0.717, 1.165) is 16.8 Å². The van der Waals surface area contributed by atoms with Gasteiger partial charge in [0.1, 0.15) is 0 Å². The number of amides is 2. The lowest BCUT2D eigenvalue weighted by atomic mass is 10.0. The summed E-state index contributed by atoms with van der Waals surface area (Å²) >= 11 is 0. The Morgan fingerprint density at radius 1 is 0.853 bits per heavy atom. The molecule has 0 saturated heterocycles. The summed E-state index contributed by atoms with van der Waals surface area (Å²) in [7, 11) is -4.02. The molecule has 178 valence electrons. The molecule has 0 saturated carbocycles. The van der Waals surface area contributed by atoms with Crippen molar-refractivity contribution in [3.05, 3.63) is 82.4 Å². The Hall–Kier alpha value is -3.83. The van der Waals surface area contributed by atoms with Crippen molar-refractivity contribution >= 4 is 38.3 Å². The van der Waals surface area contributed by atoms with Gasteiger partial charge in [0.25, 0.3) is 11.6 Å². The molecule has 0 aromatic heterocycles. The summed E-state index contributed by atoms with van der Waals surface area (Å²) < 4.78 is 27.0. The Kier molecular flexibility index (Phi) is 8.28. The second kappa shape index (κ2) is 11.3. The zero-order valence-corrected chi connectivity index (χ0v) is 19.0. The highest BCUT2D eigenvalue weighted by Crippen LogP contribution is 2.22. The van der Waals surface area contributed by atoms with Crippen molar-refractivity contribution < 1.29 is 22.9 Å². The summed E-state index contributed by atoms with van der Waals surface area (Å²) in [6.45, 7) is 0.0772. The van der Waals surface area contributed by atoms with E-state index in [1.807, 2.05) is 30.3 Å². The zero-order valence-electron chi connectivity index (χ0n) is 18.2. The van der Waals surface area contributed by atoms with E-state index in [1.54, 1.807) is 12.1 Å². The molecule has 3 aromatic rings. The van der Waals surface area contributed by atoms with E-state index in [-0.39, 0.29) is 23.8 Å². The van der Waals surface area contributed by atoms with Crippen molar-refractivity contribution in [1.82, 2.24) is 15.6 Å². The van der Waals surface area contributed by atoms with Gasteiger partial charge in [-0.15, -0.1) is 0 Å². The first kappa shape index (κ1) is 24.8. The first-order valence-corrected chi connectivity index (χ1v) is 12.1. The minimum atomic E-state index is -4.02. The Bertz CT molecular complexity index is 1300. The van der Waals surface area contributed by atoms with Gasteiger partial charge in [-0.1, -0.05) is 55.0 Å². The molecule has 0 radical (unpaired) electrons. The van der Waals surface area contributed by atoms with Crippen LogP contribution < -0.4 is 15.6 Å². The summed E-state index contributed by atoms with van der Waals surface area (Å²) in [5.41, 5.74) is 4.76. The van der Waals surface area contributed by atoms with Crippen LogP contribution in [0.15, 0.2) is 71.6 Å². The fourth-order valence-electron chi connectivity index (χ4n) is 3.39. The van der Waals surface area contributed by atoms with Crippen molar-refractivity contribution in [3.63, 3.8) is 0 Å². The van der Waals surface area contributed by atoms with Gasteiger partial charge in [-0.2, -0.15) is 0 Å². The summed E-state index contributed by atoms with van der Waals surface area (Å²) in [5.74, 6) is -0.788. The van der Waals surface area contributed by atoms with Crippen LogP contribution in [0.25, 0.3) is 10.8 Å². The van der Waals surface area contributed by atoms with Crippen molar-refractivity contribution in [2.45, 2.75) is 30.6 Å². The van der Waals surface area contributed by atoms with Gasteiger partial charge in [0, 0.05) is 24.6 Å². The first-order valence-electron chi connectivity index (χ1n) is 10.6. The van der Waals surface area contributed by atoms with E-state index < -0.39 is 26.5 Å². The predicted octanol–water partition coefficient (Wildman–Crippen LogP) is 3.05. The molecule has 3 aromatic carbocycles. The number of nitrogens with one attached hydrogen (secondary N) is 3. The molecular formula is C23H24N4O6S. The van der Waals surface area contributed by atoms with Gasteiger partial charge in [-0.3, -0.25) is 30.6 Å².